The SMILES string of the molecule is CCCCCCCCCCCCCC[C@@H](C)[C@@H](O)[C@H](CO[C@H]1OC(CO)[C@H](O)[C@H](O)C1O)NC(=O)CC(C)(C)c1c(C)cc(C)cc1OC(C)=O. The predicted octanol–water partition coefficient (Wildman–Crippen LogP) is 5.29. The molecular formula is C40H69NO10. The topological polar surface area (TPSA) is 175 Å². The minimum Gasteiger partial charge on any atom is -0.426 e. The third kappa shape index (κ3) is 15.0. The lowest BCUT2D eigenvalue weighted by atomic mass is 9.78. The van der Waals surface area contributed by atoms with Crippen LogP contribution in [0.5, 0.6) is 5.75 Å². The van der Waals surface area contributed by atoms with Crippen molar-refractivity contribution in [2.75, 3.05) is 13.2 Å². The van der Waals surface area contributed by atoms with Gasteiger partial charge in [0.1, 0.15) is 30.2 Å². The van der Waals surface area contributed by atoms with E-state index in [1.807, 2.05) is 40.7 Å². The lowest BCUT2D eigenvalue weighted by molar-refractivity contribution is -0.303. The van der Waals surface area contributed by atoms with Gasteiger partial charge in [0.05, 0.1) is 25.4 Å². The van der Waals surface area contributed by atoms with Crippen molar-refractivity contribution in [2.45, 2.75) is 187 Å². The summed E-state index contributed by atoms with van der Waals surface area (Å²) in [5.74, 6) is -0.624. The standard InChI is InChI=1S/C40H69NO10/c1-8-9-10-11-12-13-14-15-16-17-18-19-20-27(3)35(45)30(25-49-39-38(48)37(47)36(46)32(24-42)51-39)41-33(44)23-40(6,7)34-28(4)21-26(2)22-31(34)50-29(5)43/h21-22,27,30,32,35-39,42,45-48H,8-20,23-25H2,1-7H3,(H,41,44)/t27-,30+,32?,35-,36+,37+,38?,39+/m1/s1. The maximum Gasteiger partial charge on any atom is 0.308 e. The molecule has 1 aliphatic rings. The van der Waals surface area contributed by atoms with E-state index < -0.39 is 60.8 Å². The van der Waals surface area contributed by atoms with E-state index in [2.05, 4.69) is 12.2 Å². The lowest BCUT2D eigenvalue weighted by Crippen LogP contribution is -2.60. The number of aryl methyl sites for hydroxylation is 2. The van der Waals surface area contributed by atoms with Crippen LogP contribution in [0.3, 0.4) is 0 Å². The molecule has 51 heavy (non-hydrogen) atoms. The van der Waals surface area contributed by atoms with E-state index >= 15 is 0 Å². The van der Waals surface area contributed by atoms with Gasteiger partial charge in [0.25, 0.3) is 0 Å². The third-order valence-corrected chi connectivity index (χ3v) is 10.1. The van der Waals surface area contributed by atoms with Crippen LogP contribution in [-0.4, -0.2) is 93.5 Å². The number of carbonyl (C=O) groups excluding carboxylic acids is 2. The van der Waals surface area contributed by atoms with Crippen molar-refractivity contribution in [3.8, 4) is 5.75 Å². The molecule has 1 aromatic carbocycles. The van der Waals surface area contributed by atoms with E-state index in [4.69, 9.17) is 14.2 Å². The first kappa shape index (κ1) is 45.0. The molecule has 6 N–H and O–H groups in total. The van der Waals surface area contributed by atoms with Gasteiger partial charge in [0, 0.05) is 24.3 Å². The second-order valence-electron chi connectivity index (χ2n) is 15.5. The molecule has 2 rings (SSSR count). The molecule has 11 heteroatoms. The van der Waals surface area contributed by atoms with E-state index in [0.29, 0.717) is 5.75 Å². The van der Waals surface area contributed by atoms with Crippen LogP contribution in [0.15, 0.2) is 12.1 Å². The van der Waals surface area contributed by atoms with Gasteiger partial charge in [0.15, 0.2) is 6.29 Å². The Morgan fingerprint density at radius 1 is 0.902 bits per heavy atom. The monoisotopic (exact) mass is 723 g/mol. The van der Waals surface area contributed by atoms with Gasteiger partial charge in [-0.05, 0) is 43.4 Å². The van der Waals surface area contributed by atoms with E-state index in [9.17, 15) is 35.1 Å². The molecule has 1 aliphatic heterocycles. The molecule has 1 fully saturated rings. The second kappa shape index (κ2) is 22.8. The van der Waals surface area contributed by atoms with Gasteiger partial charge in [-0.1, -0.05) is 111 Å². The Morgan fingerprint density at radius 2 is 1.47 bits per heavy atom. The number of aliphatic hydroxyl groups is 5. The summed E-state index contributed by atoms with van der Waals surface area (Å²) < 4.78 is 16.9. The number of hydrogen-bond acceptors (Lipinski definition) is 10. The second-order valence-corrected chi connectivity index (χ2v) is 15.5. The highest BCUT2D eigenvalue weighted by atomic mass is 16.7. The van der Waals surface area contributed by atoms with Crippen molar-refractivity contribution >= 4 is 11.9 Å². The Morgan fingerprint density at radius 3 is 2.02 bits per heavy atom. The van der Waals surface area contributed by atoms with Gasteiger partial charge < -0.3 is 45.1 Å². The van der Waals surface area contributed by atoms with Gasteiger partial charge in [-0.25, -0.2) is 0 Å². The summed E-state index contributed by atoms with van der Waals surface area (Å²) in [6, 6.07) is 2.85. The molecule has 294 valence electrons. The Labute approximate surface area is 306 Å². The molecule has 0 bridgehead atoms. The van der Waals surface area contributed by atoms with Crippen molar-refractivity contribution in [2.24, 2.45) is 5.92 Å². The molecule has 0 aliphatic carbocycles. The van der Waals surface area contributed by atoms with Gasteiger partial charge in [-0.15, -0.1) is 0 Å². The molecule has 0 saturated carbocycles. The van der Waals surface area contributed by atoms with Crippen LogP contribution in [0.2, 0.25) is 0 Å². The minimum atomic E-state index is -1.62. The van der Waals surface area contributed by atoms with E-state index in [1.54, 1.807) is 6.07 Å². The summed E-state index contributed by atoms with van der Waals surface area (Å²) in [6.07, 6.45) is 7.18. The summed E-state index contributed by atoms with van der Waals surface area (Å²) >= 11 is 0. The van der Waals surface area contributed by atoms with Crippen LogP contribution in [0, 0.1) is 19.8 Å². The maximum atomic E-state index is 13.7. The van der Waals surface area contributed by atoms with Crippen LogP contribution in [0.1, 0.15) is 141 Å². The van der Waals surface area contributed by atoms with Crippen molar-refractivity contribution in [1.29, 1.82) is 0 Å². The minimum absolute atomic E-state index is 0.00154. The van der Waals surface area contributed by atoms with Crippen molar-refractivity contribution in [3.05, 3.63) is 28.8 Å². The average molecular weight is 724 g/mol. The number of esters is 1. The number of ether oxygens (including phenoxy) is 3. The Kier molecular flexibility index (Phi) is 20.2. The van der Waals surface area contributed by atoms with Gasteiger partial charge in [-0.2, -0.15) is 0 Å². The number of aliphatic hydroxyl groups excluding tert-OH is 5. The van der Waals surface area contributed by atoms with Crippen molar-refractivity contribution in [1.82, 2.24) is 5.32 Å². The summed E-state index contributed by atoms with van der Waals surface area (Å²) in [5, 5.41) is 55.0. The summed E-state index contributed by atoms with van der Waals surface area (Å²) in [4.78, 5) is 25.6. The first-order valence-electron chi connectivity index (χ1n) is 19.3. The molecule has 2 unspecified atom stereocenters. The number of carbonyl (C=O) groups is 2. The highest BCUT2D eigenvalue weighted by molar-refractivity contribution is 5.78. The van der Waals surface area contributed by atoms with Crippen LogP contribution in [-0.2, 0) is 24.5 Å². The number of unbranched alkanes of at least 4 members (excludes halogenated alkanes) is 11. The number of rotatable bonds is 24. The molecule has 1 amide bonds. The van der Waals surface area contributed by atoms with Crippen molar-refractivity contribution < 1.29 is 49.3 Å². The molecule has 1 heterocycles. The van der Waals surface area contributed by atoms with Crippen LogP contribution in [0.25, 0.3) is 0 Å². The molecule has 11 nitrogen and oxygen atoms in total. The summed E-state index contributed by atoms with van der Waals surface area (Å²) in [7, 11) is 0. The highest BCUT2D eigenvalue weighted by Crippen LogP contribution is 2.38. The largest absolute Gasteiger partial charge is 0.426 e. The summed E-state index contributed by atoms with van der Waals surface area (Å²) in [5.41, 5.74) is 1.76. The quantitative estimate of drug-likeness (QED) is 0.0468. The molecule has 0 aromatic heterocycles. The smallest absolute Gasteiger partial charge is 0.308 e. The first-order chi connectivity index (χ1) is 24.1. The van der Waals surface area contributed by atoms with Gasteiger partial charge >= 0.3 is 5.97 Å². The number of benzene rings is 1. The first-order valence-corrected chi connectivity index (χ1v) is 19.3. The fraction of sp³-hybridized carbons (Fsp3) is 0.800. The van der Waals surface area contributed by atoms with Crippen molar-refractivity contribution in [3.63, 3.8) is 0 Å². The van der Waals surface area contributed by atoms with Gasteiger partial charge in [-0.3, -0.25) is 9.59 Å². The number of nitrogens with one attached hydrogen (secondary N) is 1. The number of amides is 1. The highest BCUT2D eigenvalue weighted by Gasteiger charge is 2.44. The summed E-state index contributed by atoms with van der Waals surface area (Å²) in [6.45, 7) is 12.2. The fourth-order valence-electron chi connectivity index (χ4n) is 7.28. The Hall–Kier alpha value is -2.12. The zero-order valence-electron chi connectivity index (χ0n) is 32.4. The Bertz CT molecular complexity index is 1170. The van der Waals surface area contributed by atoms with Crippen LogP contribution >= 0.6 is 0 Å². The van der Waals surface area contributed by atoms with Gasteiger partial charge in [0.2, 0.25) is 5.91 Å². The molecule has 0 spiro atoms. The Balaban J connectivity index is 2.07. The molecule has 0 radical (unpaired) electrons. The molecule has 1 aromatic rings. The van der Waals surface area contributed by atoms with E-state index in [0.717, 1.165) is 42.4 Å². The zero-order valence-corrected chi connectivity index (χ0v) is 32.4. The van der Waals surface area contributed by atoms with Crippen LogP contribution < -0.4 is 10.1 Å². The van der Waals surface area contributed by atoms with Crippen LogP contribution in [0.4, 0.5) is 0 Å². The number of hydrogen-bond donors (Lipinski definition) is 6. The predicted molar refractivity (Wildman–Crippen MR) is 197 cm³/mol. The van der Waals surface area contributed by atoms with E-state index in [1.165, 1.54) is 64.7 Å². The zero-order chi connectivity index (χ0) is 38.1. The average Bonchev–Trinajstić information content (AvgIpc) is 3.05. The maximum absolute atomic E-state index is 13.7. The lowest BCUT2D eigenvalue weighted by Gasteiger charge is -2.40. The normalized spacial score (nSPS) is 22.7. The van der Waals surface area contributed by atoms with E-state index in [-0.39, 0.29) is 24.9 Å². The molecule has 1 saturated heterocycles. The molecule has 8 atom stereocenters. The fourth-order valence-corrected chi connectivity index (χ4v) is 7.28. The molecular weight excluding hydrogens is 654 g/mol. The third-order valence-electron chi connectivity index (χ3n) is 10.1.